The smallest absolute Gasteiger partial charge is 0.419 e. The molecule has 0 aromatic heterocycles. The average Bonchev–Trinajstić information content (AvgIpc) is 3.33. The van der Waals surface area contributed by atoms with Gasteiger partial charge in [-0.15, -0.1) is 0 Å². The first-order valence-corrected chi connectivity index (χ1v) is 11.5. The first-order valence-electron chi connectivity index (χ1n) is 11.5. The van der Waals surface area contributed by atoms with Crippen molar-refractivity contribution in [1.29, 1.82) is 0 Å². The van der Waals surface area contributed by atoms with E-state index >= 15 is 0 Å². The highest BCUT2D eigenvalue weighted by molar-refractivity contribution is 5.91. The van der Waals surface area contributed by atoms with Crippen LogP contribution in [0.1, 0.15) is 52.0 Å². The Morgan fingerprint density at radius 3 is 2.42 bits per heavy atom. The van der Waals surface area contributed by atoms with Crippen LogP contribution < -0.4 is 4.74 Å². The van der Waals surface area contributed by atoms with Gasteiger partial charge in [0.15, 0.2) is 0 Å². The summed E-state index contributed by atoms with van der Waals surface area (Å²) in [7, 11) is 1.62. The van der Waals surface area contributed by atoms with Gasteiger partial charge in [-0.3, -0.25) is 9.59 Å². The number of imide groups is 1. The standard InChI is InChI=1S/C26H33NO6/c1-17(2)24(29)32-25(21-8-5-6-9-21)33-26(30)27(18(3)28)15-14-20-11-7-10-19-12-13-22(31-4)16-23(19)20/h7,10-13,16-17,21,25H,5-6,8-9,14-15H2,1-4H3. The van der Waals surface area contributed by atoms with Crippen molar-refractivity contribution in [2.45, 2.75) is 59.2 Å². The van der Waals surface area contributed by atoms with Crippen molar-refractivity contribution in [3.05, 3.63) is 42.0 Å². The number of amides is 2. The van der Waals surface area contributed by atoms with Crippen LogP contribution in [0.3, 0.4) is 0 Å². The maximum absolute atomic E-state index is 13.0. The number of hydrogen-bond donors (Lipinski definition) is 0. The molecule has 2 aromatic rings. The molecule has 1 aliphatic rings. The van der Waals surface area contributed by atoms with E-state index in [0.717, 1.165) is 52.7 Å². The van der Waals surface area contributed by atoms with Gasteiger partial charge in [-0.05, 0) is 47.7 Å². The average molecular weight is 456 g/mol. The van der Waals surface area contributed by atoms with Crippen molar-refractivity contribution >= 4 is 28.7 Å². The highest BCUT2D eigenvalue weighted by Crippen LogP contribution is 2.31. The highest BCUT2D eigenvalue weighted by Gasteiger charge is 2.34. The second kappa shape index (κ2) is 11.2. The van der Waals surface area contributed by atoms with E-state index in [1.165, 1.54) is 6.92 Å². The molecule has 33 heavy (non-hydrogen) atoms. The van der Waals surface area contributed by atoms with Crippen molar-refractivity contribution < 1.29 is 28.6 Å². The molecule has 178 valence electrons. The molecule has 0 bridgehead atoms. The monoisotopic (exact) mass is 455 g/mol. The summed E-state index contributed by atoms with van der Waals surface area (Å²) >= 11 is 0. The number of hydrogen-bond acceptors (Lipinski definition) is 6. The van der Waals surface area contributed by atoms with Gasteiger partial charge >= 0.3 is 12.1 Å². The molecule has 0 N–H and O–H groups in total. The van der Waals surface area contributed by atoms with Gasteiger partial charge in [0.25, 0.3) is 6.29 Å². The van der Waals surface area contributed by atoms with E-state index in [0.29, 0.717) is 6.42 Å². The summed E-state index contributed by atoms with van der Waals surface area (Å²) in [4.78, 5) is 38.5. The lowest BCUT2D eigenvalue weighted by atomic mass is 10.0. The lowest BCUT2D eigenvalue weighted by Crippen LogP contribution is -2.42. The summed E-state index contributed by atoms with van der Waals surface area (Å²) in [6.45, 7) is 4.95. The Bertz CT molecular complexity index is 995. The summed E-state index contributed by atoms with van der Waals surface area (Å²) in [5.74, 6) is -0.475. The summed E-state index contributed by atoms with van der Waals surface area (Å²) in [5.41, 5.74) is 0.990. The maximum Gasteiger partial charge on any atom is 0.419 e. The summed E-state index contributed by atoms with van der Waals surface area (Å²) in [5, 5.41) is 2.05. The lowest BCUT2D eigenvalue weighted by molar-refractivity contribution is -0.182. The van der Waals surface area contributed by atoms with E-state index < -0.39 is 24.3 Å². The summed E-state index contributed by atoms with van der Waals surface area (Å²) in [6, 6.07) is 11.7. The summed E-state index contributed by atoms with van der Waals surface area (Å²) in [6.07, 6.45) is 2.34. The Labute approximate surface area is 195 Å². The van der Waals surface area contributed by atoms with Crippen LogP contribution in [0.2, 0.25) is 0 Å². The molecular weight excluding hydrogens is 422 g/mol. The molecule has 0 saturated heterocycles. The predicted octanol–water partition coefficient (Wildman–Crippen LogP) is 5.09. The maximum atomic E-state index is 13.0. The van der Waals surface area contributed by atoms with Crippen molar-refractivity contribution in [3.63, 3.8) is 0 Å². The van der Waals surface area contributed by atoms with Gasteiger partial charge in [0.05, 0.1) is 13.0 Å². The van der Waals surface area contributed by atoms with E-state index in [2.05, 4.69) is 0 Å². The number of methoxy groups -OCH3 is 1. The van der Waals surface area contributed by atoms with Crippen LogP contribution in [0.4, 0.5) is 4.79 Å². The second-order valence-corrected chi connectivity index (χ2v) is 8.81. The molecule has 1 fully saturated rings. The number of fused-ring (bicyclic) bond motifs is 1. The zero-order valence-electron chi connectivity index (χ0n) is 19.8. The normalized spacial score (nSPS) is 14.8. The van der Waals surface area contributed by atoms with Crippen LogP contribution in [-0.2, 0) is 25.5 Å². The van der Waals surface area contributed by atoms with Crippen molar-refractivity contribution in [2.24, 2.45) is 11.8 Å². The zero-order valence-corrected chi connectivity index (χ0v) is 19.8. The SMILES string of the molecule is COc1ccc2cccc(CCN(C(C)=O)C(=O)OC(OC(=O)C(C)C)C3CCCC3)c2c1. The Morgan fingerprint density at radius 2 is 1.79 bits per heavy atom. The molecule has 1 aliphatic carbocycles. The fraction of sp³-hybridized carbons (Fsp3) is 0.500. The number of rotatable bonds is 8. The molecule has 0 radical (unpaired) electrons. The van der Waals surface area contributed by atoms with Crippen LogP contribution in [0.15, 0.2) is 36.4 Å². The third kappa shape index (κ3) is 6.24. The highest BCUT2D eigenvalue weighted by atomic mass is 16.7. The van der Waals surface area contributed by atoms with Gasteiger partial charge in [0.2, 0.25) is 5.91 Å². The van der Waals surface area contributed by atoms with E-state index in [9.17, 15) is 14.4 Å². The number of benzene rings is 2. The topological polar surface area (TPSA) is 82.1 Å². The van der Waals surface area contributed by atoms with Crippen molar-refractivity contribution in [3.8, 4) is 5.75 Å². The van der Waals surface area contributed by atoms with E-state index in [4.69, 9.17) is 14.2 Å². The molecule has 0 spiro atoms. The number of ether oxygens (including phenoxy) is 3. The van der Waals surface area contributed by atoms with Crippen LogP contribution >= 0.6 is 0 Å². The number of nitrogens with zero attached hydrogens (tertiary/aromatic N) is 1. The number of carbonyl (C=O) groups excluding carboxylic acids is 3. The molecule has 0 aliphatic heterocycles. The van der Waals surface area contributed by atoms with Crippen LogP contribution in [0.5, 0.6) is 5.75 Å². The quantitative estimate of drug-likeness (QED) is 0.407. The second-order valence-electron chi connectivity index (χ2n) is 8.81. The Morgan fingerprint density at radius 1 is 1.06 bits per heavy atom. The number of esters is 1. The van der Waals surface area contributed by atoms with Crippen LogP contribution in [0, 0.1) is 11.8 Å². The molecular formula is C26H33NO6. The molecule has 7 nitrogen and oxygen atoms in total. The zero-order chi connectivity index (χ0) is 24.0. The fourth-order valence-electron chi connectivity index (χ4n) is 4.13. The van der Waals surface area contributed by atoms with E-state index in [1.54, 1.807) is 21.0 Å². The minimum atomic E-state index is -0.974. The van der Waals surface area contributed by atoms with Gasteiger partial charge < -0.3 is 14.2 Å². The van der Waals surface area contributed by atoms with Gasteiger partial charge in [-0.2, -0.15) is 0 Å². The van der Waals surface area contributed by atoms with Gasteiger partial charge in [-0.25, -0.2) is 9.69 Å². The fourth-order valence-corrected chi connectivity index (χ4v) is 4.13. The van der Waals surface area contributed by atoms with Crippen LogP contribution in [-0.4, -0.2) is 42.8 Å². The first-order chi connectivity index (χ1) is 15.8. The molecule has 3 rings (SSSR count). The van der Waals surface area contributed by atoms with E-state index in [1.807, 2.05) is 36.4 Å². The lowest BCUT2D eigenvalue weighted by Gasteiger charge is -2.27. The molecule has 2 aromatic carbocycles. The van der Waals surface area contributed by atoms with Crippen molar-refractivity contribution in [2.75, 3.05) is 13.7 Å². The number of carbonyl (C=O) groups is 3. The summed E-state index contributed by atoms with van der Waals surface area (Å²) < 4.78 is 16.4. The van der Waals surface area contributed by atoms with Crippen molar-refractivity contribution in [1.82, 2.24) is 4.90 Å². The molecule has 2 amide bonds. The Hall–Kier alpha value is -3.09. The Balaban J connectivity index is 1.74. The molecule has 1 atom stereocenters. The van der Waals surface area contributed by atoms with Gasteiger partial charge in [-0.1, -0.05) is 51.0 Å². The van der Waals surface area contributed by atoms with Crippen LogP contribution in [0.25, 0.3) is 10.8 Å². The first kappa shape index (κ1) is 24.6. The van der Waals surface area contributed by atoms with Gasteiger partial charge in [0.1, 0.15) is 5.75 Å². The largest absolute Gasteiger partial charge is 0.497 e. The molecule has 7 heteroatoms. The molecule has 1 saturated carbocycles. The van der Waals surface area contributed by atoms with E-state index in [-0.39, 0.29) is 18.4 Å². The third-order valence-corrected chi connectivity index (χ3v) is 6.09. The minimum absolute atomic E-state index is 0.0454. The molecule has 0 heterocycles. The third-order valence-electron chi connectivity index (χ3n) is 6.09. The predicted molar refractivity (Wildman–Crippen MR) is 125 cm³/mol. The minimum Gasteiger partial charge on any atom is -0.497 e. The molecule has 1 unspecified atom stereocenters. The Kier molecular flexibility index (Phi) is 8.31. The van der Waals surface area contributed by atoms with Gasteiger partial charge in [0, 0.05) is 19.4 Å².